The molecule has 0 N–H and O–H groups in total. The molecule has 2 aliphatic heterocycles. The number of pyridine rings is 1. The van der Waals surface area contributed by atoms with Crippen LogP contribution in [-0.4, -0.2) is 16.4 Å². The van der Waals surface area contributed by atoms with Crippen LogP contribution in [0.4, 0.5) is 0 Å². The predicted molar refractivity (Wildman–Crippen MR) is 75.9 cm³/mol. The molecule has 1 aromatic heterocycles. The van der Waals surface area contributed by atoms with Crippen LogP contribution in [0.2, 0.25) is 0 Å². The Bertz CT molecular complexity index is 620. The van der Waals surface area contributed by atoms with Gasteiger partial charge in [-0.1, -0.05) is 24.3 Å². The van der Waals surface area contributed by atoms with E-state index < -0.39 is 0 Å². The van der Waals surface area contributed by atoms with E-state index in [1.54, 1.807) is 0 Å². The minimum absolute atomic E-state index is 0.482. The van der Waals surface area contributed by atoms with Crippen LogP contribution in [0.1, 0.15) is 41.3 Å². The fourth-order valence-corrected chi connectivity index (χ4v) is 3.75. The molecule has 0 saturated heterocycles. The Hall–Kier alpha value is -1.67. The summed E-state index contributed by atoms with van der Waals surface area (Å²) in [4.78, 5) is 6.95. The Morgan fingerprint density at radius 2 is 2.00 bits per heavy atom. The molecule has 1 aromatic carbocycles. The fourth-order valence-electron chi connectivity index (χ4n) is 3.75. The van der Waals surface area contributed by atoms with Gasteiger partial charge in [-0.2, -0.15) is 0 Å². The Morgan fingerprint density at radius 1 is 1.11 bits per heavy atom. The van der Waals surface area contributed by atoms with E-state index in [1.165, 1.54) is 28.7 Å². The number of hydrogen-bond donors (Lipinski definition) is 0. The van der Waals surface area contributed by atoms with Gasteiger partial charge < -0.3 is 0 Å². The molecule has 2 aliphatic rings. The molecular formula is C17H18N2. The van der Waals surface area contributed by atoms with Crippen LogP contribution >= 0.6 is 0 Å². The van der Waals surface area contributed by atoms with Crippen molar-refractivity contribution in [1.29, 1.82) is 0 Å². The van der Waals surface area contributed by atoms with Crippen molar-refractivity contribution in [2.45, 2.75) is 31.8 Å². The fraction of sp³-hybridized carbons (Fsp3) is 0.353. The van der Waals surface area contributed by atoms with Gasteiger partial charge in [-0.15, -0.1) is 0 Å². The van der Waals surface area contributed by atoms with E-state index in [9.17, 15) is 0 Å². The van der Waals surface area contributed by atoms with E-state index in [0.29, 0.717) is 12.1 Å². The zero-order valence-electron chi connectivity index (χ0n) is 11.2. The van der Waals surface area contributed by atoms with Gasteiger partial charge in [0.05, 0.1) is 0 Å². The second kappa shape index (κ2) is 4.17. The maximum absolute atomic E-state index is 4.30. The van der Waals surface area contributed by atoms with E-state index in [-0.39, 0.29) is 0 Å². The van der Waals surface area contributed by atoms with Crippen molar-refractivity contribution in [3.63, 3.8) is 0 Å². The Labute approximate surface area is 114 Å². The largest absolute Gasteiger partial charge is 0.289 e. The first-order valence-corrected chi connectivity index (χ1v) is 7.11. The van der Waals surface area contributed by atoms with Gasteiger partial charge in [-0.3, -0.25) is 9.88 Å². The van der Waals surface area contributed by atoms with E-state index in [4.69, 9.17) is 0 Å². The van der Waals surface area contributed by atoms with Gasteiger partial charge in [-0.05, 0) is 48.1 Å². The molecule has 2 heteroatoms. The topological polar surface area (TPSA) is 16.1 Å². The summed E-state index contributed by atoms with van der Waals surface area (Å²) in [7, 11) is 0. The van der Waals surface area contributed by atoms with Crippen molar-refractivity contribution in [1.82, 2.24) is 9.88 Å². The van der Waals surface area contributed by atoms with E-state index >= 15 is 0 Å². The van der Waals surface area contributed by atoms with Gasteiger partial charge in [-0.25, -0.2) is 0 Å². The second-order valence-corrected chi connectivity index (χ2v) is 5.66. The Balaban J connectivity index is 1.83. The van der Waals surface area contributed by atoms with Gasteiger partial charge in [0, 0.05) is 31.0 Å². The second-order valence-electron chi connectivity index (χ2n) is 5.66. The molecule has 0 unspecified atom stereocenters. The van der Waals surface area contributed by atoms with Gasteiger partial charge in [0.25, 0.3) is 0 Å². The minimum Gasteiger partial charge on any atom is -0.289 e. The van der Waals surface area contributed by atoms with E-state index in [1.807, 2.05) is 6.20 Å². The summed E-state index contributed by atoms with van der Waals surface area (Å²) in [6, 6.07) is 12.2. The standard InChI is InChI=1S/C17H18N2/c1-12-16-11-18-8-6-14(16)10-17-15-5-3-2-4-13(15)7-9-19(12)17/h2-6,8,11-12,17H,7,9-10H2,1H3/t12-,17+/m1/s1. The highest BCUT2D eigenvalue weighted by Gasteiger charge is 2.35. The first kappa shape index (κ1) is 11.2. The first-order chi connectivity index (χ1) is 9.34. The normalized spacial score (nSPS) is 25.3. The molecular weight excluding hydrogens is 232 g/mol. The molecule has 0 amide bonds. The van der Waals surface area contributed by atoms with Crippen LogP contribution in [0.15, 0.2) is 42.7 Å². The molecule has 96 valence electrons. The van der Waals surface area contributed by atoms with Gasteiger partial charge in [0.1, 0.15) is 0 Å². The van der Waals surface area contributed by atoms with Crippen molar-refractivity contribution in [3.8, 4) is 0 Å². The SMILES string of the molecule is C[C@@H]1c2cnccc2C[C@H]2c3ccccc3CCN12. The summed E-state index contributed by atoms with van der Waals surface area (Å²) < 4.78 is 0. The van der Waals surface area contributed by atoms with Gasteiger partial charge >= 0.3 is 0 Å². The lowest BCUT2D eigenvalue weighted by Gasteiger charge is -2.45. The highest BCUT2D eigenvalue weighted by atomic mass is 15.2. The number of nitrogens with zero attached hydrogens (tertiary/aromatic N) is 2. The van der Waals surface area contributed by atoms with Crippen LogP contribution in [0.3, 0.4) is 0 Å². The van der Waals surface area contributed by atoms with Crippen molar-refractivity contribution in [2.75, 3.05) is 6.54 Å². The van der Waals surface area contributed by atoms with Crippen LogP contribution in [0.5, 0.6) is 0 Å². The number of rotatable bonds is 0. The van der Waals surface area contributed by atoms with Crippen LogP contribution < -0.4 is 0 Å². The van der Waals surface area contributed by atoms with Gasteiger partial charge in [0.15, 0.2) is 0 Å². The quantitative estimate of drug-likeness (QED) is 0.713. The lowest BCUT2D eigenvalue weighted by atomic mass is 9.82. The predicted octanol–water partition coefficient (Wildman–Crippen LogP) is 3.30. The van der Waals surface area contributed by atoms with Crippen molar-refractivity contribution >= 4 is 0 Å². The van der Waals surface area contributed by atoms with Crippen molar-refractivity contribution < 1.29 is 0 Å². The third-order valence-electron chi connectivity index (χ3n) is 4.76. The molecule has 0 radical (unpaired) electrons. The van der Waals surface area contributed by atoms with Crippen LogP contribution in [0.25, 0.3) is 0 Å². The van der Waals surface area contributed by atoms with Crippen molar-refractivity contribution in [3.05, 3.63) is 65.0 Å². The lowest BCUT2D eigenvalue weighted by Crippen LogP contribution is -2.41. The zero-order chi connectivity index (χ0) is 12.8. The Morgan fingerprint density at radius 3 is 2.95 bits per heavy atom. The number of fused-ring (bicyclic) bond motifs is 4. The Kier molecular flexibility index (Phi) is 2.46. The van der Waals surface area contributed by atoms with E-state index in [0.717, 1.165) is 13.0 Å². The summed E-state index contributed by atoms with van der Waals surface area (Å²) in [5.74, 6) is 0. The average molecular weight is 250 g/mol. The molecule has 3 heterocycles. The van der Waals surface area contributed by atoms with Crippen LogP contribution in [-0.2, 0) is 12.8 Å². The smallest absolute Gasteiger partial charge is 0.0397 e. The number of hydrogen-bond acceptors (Lipinski definition) is 2. The van der Waals surface area contributed by atoms with Crippen LogP contribution in [0, 0.1) is 0 Å². The maximum Gasteiger partial charge on any atom is 0.0397 e. The average Bonchev–Trinajstić information content (AvgIpc) is 2.47. The molecule has 2 nitrogen and oxygen atoms in total. The molecule has 0 fully saturated rings. The molecule has 0 bridgehead atoms. The molecule has 0 saturated carbocycles. The third-order valence-corrected chi connectivity index (χ3v) is 4.76. The first-order valence-electron chi connectivity index (χ1n) is 7.11. The zero-order valence-corrected chi connectivity index (χ0v) is 11.2. The summed E-state index contributed by atoms with van der Waals surface area (Å²) in [6.45, 7) is 3.48. The van der Waals surface area contributed by atoms with Crippen molar-refractivity contribution in [2.24, 2.45) is 0 Å². The highest BCUT2D eigenvalue weighted by Crippen LogP contribution is 2.42. The molecule has 4 rings (SSSR count). The molecule has 19 heavy (non-hydrogen) atoms. The maximum atomic E-state index is 4.30. The number of benzene rings is 1. The lowest BCUT2D eigenvalue weighted by molar-refractivity contribution is 0.117. The van der Waals surface area contributed by atoms with E-state index in [2.05, 4.69) is 53.3 Å². The molecule has 2 atom stereocenters. The number of aromatic nitrogens is 1. The summed E-state index contributed by atoms with van der Waals surface area (Å²) in [6.07, 6.45) is 6.28. The van der Waals surface area contributed by atoms with Gasteiger partial charge in [0.2, 0.25) is 0 Å². The monoisotopic (exact) mass is 250 g/mol. The molecule has 2 aromatic rings. The minimum atomic E-state index is 0.482. The summed E-state index contributed by atoms with van der Waals surface area (Å²) in [5, 5.41) is 0. The molecule has 0 aliphatic carbocycles. The third kappa shape index (κ3) is 1.63. The highest BCUT2D eigenvalue weighted by molar-refractivity contribution is 5.39. The molecule has 0 spiro atoms. The summed E-state index contributed by atoms with van der Waals surface area (Å²) >= 11 is 0. The summed E-state index contributed by atoms with van der Waals surface area (Å²) in [5.41, 5.74) is 5.95.